The van der Waals surface area contributed by atoms with Crippen molar-refractivity contribution < 1.29 is 9.59 Å². The van der Waals surface area contributed by atoms with Gasteiger partial charge in [-0.2, -0.15) is 0 Å². The SMILES string of the molecule is CCC(C)c1ccccc1NC(=O)C(=O)N(Cc1ccccc1)C(C)C. The Labute approximate surface area is 156 Å². The van der Waals surface area contributed by atoms with E-state index in [1.165, 1.54) is 0 Å². The first kappa shape index (κ1) is 19.7. The molecule has 26 heavy (non-hydrogen) atoms. The van der Waals surface area contributed by atoms with Crippen LogP contribution in [0, 0.1) is 0 Å². The minimum absolute atomic E-state index is 0.0711. The molecule has 0 aliphatic rings. The number of rotatable bonds is 6. The van der Waals surface area contributed by atoms with Gasteiger partial charge < -0.3 is 10.2 Å². The normalized spacial score (nSPS) is 11.9. The summed E-state index contributed by atoms with van der Waals surface area (Å²) in [4.78, 5) is 27.0. The summed E-state index contributed by atoms with van der Waals surface area (Å²) in [5.74, 6) is -0.791. The van der Waals surface area contributed by atoms with Crippen LogP contribution in [0.2, 0.25) is 0 Å². The Morgan fingerprint density at radius 2 is 1.58 bits per heavy atom. The van der Waals surface area contributed by atoms with Crippen molar-refractivity contribution in [1.29, 1.82) is 0 Å². The molecule has 0 saturated heterocycles. The number of hydrogen-bond acceptors (Lipinski definition) is 2. The standard InChI is InChI=1S/C22H28N2O2/c1-5-17(4)19-13-9-10-14-20(19)23-21(25)22(26)24(16(2)3)15-18-11-7-6-8-12-18/h6-14,16-17H,5,15H2,1-4H3,(H,23,25). The maximum absolute atomic E-state index is 12.8. The van der Waals surface area contributed by atoms with Crippen LogP contribution in [0.3, 0.4) is 0 Å². The minimum Gasteiger partial charge on any atom is -0.328 e. The van der Waals surface area contributed by atoms with Gasteiger partial charge in [-0.05, 0) is 43.4 Å². The first-order valence-electron chi connectivity index (χ1n) is 9.18. The summed E-state index contributed by atoms with van der Waals surface area (Å²) in [5, 5.41) is 2.82. The summed E-state index contributed by atoms with van der Waals surface area (Å²) in [7, 11) is 0. The molecule has 0 aromatic heterocycles. The first-order chi connectivity index (χ1) is 12.4. The largest absolute Gasteiger partial charge is 0.328 e. The highest BCUT2D eigenvalue weighted by molar-refractivity contribution is 6.39. The minimum atomic E-state index is -0.592. The Hall–Kier alpha value is -2.62. The second-order valence-corrected chi connectivity index (χ2v) is 6.86. The zero-order valence-electron chi connectivity index (χ0n) is 16.0. The first-order valence-corrected chi connectivity index (χ1v) is 9.18. The van der Waals surface area contributed by atoms with E-state index in [-0.39, 0.29) is 6.04 Å². The van der Waals surface area contributed by atoms with Crippen LogP contribution < -0.4 is 5.32 Å². The molecule has 1 unspecified atom stereocenters. The third-order valence-electron chi connectivity index (χ3n) is 4.63. The van der Waals surface area contributed by atoms with E-state index in [1.54, 1.807) is 4.90 Å². The molecule has 2 rings (SSSR count). The molecule has 0 saturated carbocycles. The lowest BCUT2D eigenvalue weighted by Crippen LogP contribution is -2.43. The van der Waals surface area contributed by atoms with E-state index in [0.717, 1.165) is 17.5 Å². The topological polar surface area (TPSA) is 49.4 Å². The predicted molar refractivity (Wildman–Crippen MR) is 106 cm³/mol. The summed E-state index contributed by atoms with van der Waals surface area (Å²) in [5.41, 5.74) is 2.77. The number of anilines is 1. The van der Waals surface area contributed by atoms with Crippen LogP contribution in [0.5, 0.6) is 0 Å². The highest BCUT2D eigenvalue weighted by atomic mass is 16.2. The van der Waals surface area contributed by atoms with Crippen molar-refractivity contribution in [3.8, 4) is 0 Å². The van der Waals surface area contributed by atoms with Crippen molar-refractivity contribution in [1.82, 2.24) is 4.90 Å². The number of hydrogen-bond donors (Lipinski definition) is 1. The van der Waals surface area contributed by atoms with E-state index >= 15 is 0 Å². The number of amides is 2. The number of para-hydroxylation sites is 1. The Balaban J connectivity index is 2.16. The molecule has 0 aliphatic heterocycles. The highest BCUT2D eigenvalue weighted by Crippen LogP contribution is 2.26. The van der Waals surface area contributed by atoms with Crippen LogP contribution in [0.15, 0.2) is 54.6 Å². The predicted octanol–water partition coefficient (Wildman–Crippen LogP) is 4.58. The van der Waals surface area contributed by atoms with Crippen molar-refractivity contribution in [2.24, 2.45) is 0 Å². The van der Waals surface area contributed by atoms with Crippen LogP contribution in [0.1, 0.15) is 51.2 Å². The van der Waals surface area contributed by atoms with Crippen molar-refractivity contribution in [2.75, 3.05) is 5.32 Å². The van der Waals surface area contributed by atoms with Crippen molar-refractivity contribution in [3.05, 3.63) is 65.7 Å². The van der Waals surface area contributed by atoms with Gasteiger partial charge in [-0.25, -0.2) is 0 Å². The number of carbonyl (C=O) groups excluding carboxylic acids is 2. The third kappa shape index (κ3) is 4.94. The van der Waals surface area contributed by atoms with E-state index in [2.05, 4.69) is 19.2 Å². The van der Waals surface area contributed by atoms with E-state index in [1.807, 2.05) is 68.4 Å². The second kappa shape index (κ2) is 9.18. The molecule has 0 radical (unpaired) electrons. The molecule has 138 valence electrons. The third-order valence-corrected chi connectivity index (χ3v) is 4.63. The maximum atomic E-state index is 12.8. The molecule has 2 aromatic carbocycles. The molecule has 4 nitrogen and oxygen atoms in total. The van der Waals surface area contributed by atoms with Gasteiger partial charge in [0, 0.05) is 18.3 Å². The van der Waals surface area contributed by atoms with Gasteiger partial charge in [0.15, 0.2) is 0 Å². The lowest BCUT2D eigenvalue weighted by atomic mass is 9.97. The maximum Gasteiger partial charge on any atom is 0.313 e. The summed E-state index contributed by atoms with van der Waals surface area (Å²) in [6, 6.07) is 17.3. The summed E-state index contributed by atoms with van der Waals surface area (Å²) >= 11 is 0. The van der Waals surface area contributed by atoms with Gasteiger partial charge in [-0.1, -0.05) is 62.4 Å². The van der Waals surface area contributed by atoms with E-state index in [0.29, 0.717) is 18.2 Å². The molecule has 1 N–H and O–H groups in total. The van der Waals surface area contributed by atoms with Crippen molar-refractivity contribution >= 4 is 17.5 Å². The van der Waals surface area contributed by atoms with Gasteiger partial charge in [0.05, 0.1) is 0 Å². The summed E-state index contributed by atoms with van der Waals surface area (Å²) in [6.07, 6.45) is 0.965. The smallest absolute Gasteiger partial charge is 0.313 e. The van der Waals surface area contributed by atoms with E-state index < -0.39 is 11.8 Å². The Morgan fingerprint density at radius 3 is 2.19 bits per heavy atom. The van der Waals surface area contributed by atoms with Gasteiger partial charge in [-0.3, -0.25) is 9.59 Å². The number of carbonyl (C=O) groups is 2. The van der Waals surface area contributed by atoms with Gasteiger partial charge in [0.25, 0.3) is 0 Å². The number of benzene rings is 2. The zero-order chi connectivity index (χ0) is 19.1. The monoisotopic (exact) mass is 352 g/mol. The van der Waals surface area contributed by atoms with Crippen LogP contribution in [-0.4, -0.2) is 22.8 Å². The van der Waals surface area contributed by atoms with Crippen molar-refractivity contribution in [2.45, 2.75) is 52.6 Å². The fraction of sp³-hybridized carbons (Fsp3) is 0.364. The van der Waals surface area contributed by atoms with Gasteiger partial charge in [0.1, 0.15) is 0 Å². The van der Waals surface area contributed by atoms with Gasteiger partial charge in [-0.15, -0.1) is 0 Å². The average Bonchev–Trinajstić information content (AvgIpc) is 2.66. The fourth-order valence-corrected chi connectivity index (χ4v) is 2.84. The summed E-state index contributed by atoms with van der Waals surface area (Å²) in [6.45, 7) is 8.47. The lowest BCUT2D eigenvalue weighted by molar-refractivity contribution is -0.144. The molecular formula is C22H28N2O2. The van der Waals surface area contributed by atoms with Crippen LogP contribution >= 0.6 is 0 Å². The molecule has 0 aliphatic carbocycles. The van der Waals surface area contributed by atoms with E-state index in [9.17, 15) is 9.59 Å². The number of nitrogens with one attached hydrogen (secondary N) is 1. The van der Waals surface area contributed by atoms with Crippen LogP contribution in [-0.2, 0) is 16.1 Å². The van der Waals surface area contributed by atoms with Crippen LogP contribution in [0.25, 0.3) is 0 Å². The zero-order valence-corrected chi connectivity index (χ0v) is 16.0. The Kier molecular flexibility index (Phi) is 6.96. The molecule has 0 heterocycles. The molecule has 0 spiro atoms. The highest BCUT2D eigenvalue weighted by Gasteiger charge is 2.25. The quantitative estimate of drug-likeness (QED) is 0.774. The van der Waals surface area contributed by atoms with Gasteiger partial charge in [0.2, 0.25) is 0 Å². The Morgan fingerprint density at radius 1 is 0.962 bits per heavy atom. The Bertz CT molecular complexity index is 741. The number of nitrogens with zero attached hydrogens (tertiary/aromatic N) is 1. The molecule has 4 heteroatoms. The summed E-state index contributed by atoms with van der Waals surface area (Å²) < 4.78 is 0. The molecule has 0 fully saturated rings. The molecule has 2 aromatic rings. The molecule has 2 amide bonds. The molecular weight excluding hydrogens is 324 g/mol. The average molecular weight is 352 g/mol. The lowest BCUT2D eigenvalue weighted by Gasteiger charge is -2.26. The second-order valence-electron chi connectivity index (χ2n) is 6.86. The molecule has 1 atom stereocenters. The van der Waals surface area contributed by atoms with Crippen molar-refractivity contribution in [3.63, 3.8) is 0 Å². The van der Waals surface area contributed by atoms with E-state index in [4.69, 9.17) is 0 Å². The van der Waals surface area contributed by atoms with Gasteiger partial charge >= 0.3 is 11.8 Å². The van der Waals surface area contributed by atoms with Crippen LogP contribution in [0.4, 0.5) is 5.69 Å². The molecule has 0 bridgehead atoms. The fourth-order valence-electron chi connectivity index (χ4n) is 2.84.